The molecule has 3 heterocycles. The van der Waals surface area contributed by atoms with Crippen LogP contribution in [0.1, 0.15) is 31.1 Å². The smallest absolute Gasteiger partial charge is 0.344 e. The molecule has 7 aromatic rings. The molecule has 1 aliphatic rings. The van der Waals surface area contributed by atoms with Gasteiger partial charge in [0.1, 0.15) is 0 Å². The number of methoxy groups -OCH3 is 2. The van der Waals surface area contributed by atoms with Crippen molar-refractivity contribution in [3.05, 3.63) is 86.1 Å². The van der Waals surface area contributed by atoms with Crippen LogP contribution in [0.15, 0.2) is 67.0 Å². The van der Waals surface area contributed by atoms with E-state index in [2.05, 4.69) is 0 Å². The highest BCUT2D eigenvalue weighted by Gasteiger charge is 2.50. The molecule has 0 aliphatic carbocycles. The SMILES string of the molecule is COc1c(O)cc2c(=O)oc3c(OC)c(OC4OCC(OC(=O)c5cc(O)c(O)c(O)c5)C(OC(=O)c5cc(O)c(O)c(O)c5)C4OC(=O)c4cc(O)c(O)c(O)c4)cc4c(=O)oc1c2c34. The fourth-order valence-electron chi connectivity index (χ4n) is 7.12. The lowest BCUT2D eigenvalue weighted by atomic mass is 10.0. The van der Waals surface area contributed by atoms with Crippen LogP contribution >= 0.6 is 0 Å². The van der Waals surface area contributed by atoms with E-state index in [0.29, 0.717) is 36.4 Å². The number of carbonyl (C=O) groups is 3. The van der Waals surface area contributed by atoms with E-state index in [9.17, 15) is 75.0 Å². The van der Waals surface area contributed by atoms with Gasteiger partial charge in [0.15, 0.2) is 86.6 Å². The molecular weight excluding hydrogens is 888 g/mol. The first kappa shape index (κ1) is 43.5. The zero-order chi connectivity index (χ0) is 47.6. The minimum absolute atomic E-state index is 0.0466. The summed E-state index contributed by atoms with van der Waals surface area (Å²) in [5.74, 6) is -15.2. The first-order valence-electron chi connectivity index (χ1n) is 18.6. The van der Waals surface area contributed by atoms with Crippen molar-refractivity contribution >= 4 is 50.6 Å². The van der Waals surface area contributed by atoms with Crippen molar-refractivity contribution in [2.24, 2.45) is 0 Å². The molecule has 10 N–H and O–H groups in total. The maximum Gasteiger partial charge on any atom is 0.344 e. The van der Waals surface area contributed by atoms with Crippen molar-refractivity contribution < 1.29 is 107 Å². The van der Waals surface area contributed by atoms with Gasteiger partial charge < -0.3 is 93.1 Å². The van der Waals surface area contributed by atoms with E-state index in [4.69, 9.17) is 42.0 Å². The van der Waals surface area contributed by atoms with Crippen LogP contribution in [0, 0.1) is 0 Å². The van der Waals surface area contributed by atoms with Gasteiger partial charge in [0.25, 0.3) is 0 Å². The summed E-state index contributed by atoms with van der Waals surface area (Å²) in [7, 11) is 2.26. The summed E-state index contributed by atoms with van der Waals surface area (Å²) in [4.78, 5) is 68.2. The minimum Gasteiger partial charge on any atom is -0.504 e. The van der Waals surface area contributed by atoms with E-state index < -0.39 is 152 Å². The number of carbonyl (C=O) groups excluding carboxylic acids is 3. The first-order chi connectivity index (χ1) is 31.3. The lowest BCUT2D eigenvalue weighted by Crippen LogP contribution is -2.59. The highest BCUT2D eigenvalue weighted by atomic mass is 16.7. The molecule has 0 bridgehead atoms. The number of rotatable bonds is 10. The average Bonchev–Trinajstić information content (AvgIpc) is 3.27. The van der Waals surface area contributed by atoms with Gasteiger partial charge in [0.05, 0.1) is 48.3 Å². The third-order valence-electron chi connectivity index (χ3n) is 10.2. The number of aromatic hydroxyl groups is 10. The Morgan fingerprint density at radius 3 is 1.35 bits per heavy atom. The number of hydrogen-bond donors (Lipinski definition) is 10. The van der Waals surface area contributed by atoms with Crippen molar-refractivity contribution in [2.75, 3.05) is 20.8 Å². The third-order valence-corrected chi connectivity index (χ3v) is 10.2. The fourth-order valence-corrected chi connectivity index (χ4v) is 7.12. The second-order valence-corrected chi connectivity index (χ2v) is 14.2. The zero-order valence-corrected chi connectivity index (χ0v) is 33.3. The van der Waals surface area contributed by atoms with Crippen LogP contribution in [-0.2, 0) is 18.9 Å². The van der Waals surface area contributed by atoms with E-state index in [1.54, 1.807) is 0 Å². The van der Waals surface area contributed by atoms with E-state index >= 15 is 0 Å². The third kappa shape index (κ3) is 7.26. The van der Waals surface area contributed by atoms with Crippen LogP contribution < -0.4 is 25.5 Å². The lowest BCUT2D eigenvalue weighted by molar-refractivity contribution is -0.241. The molecule has 4 unspecified atom stereocenters. The van der Waals surface area contributed by atoms with E-state index in [1.807, 2.05) is 0 Å². The molecule has 4 atom stereocenters. The zero-order valence-electron chi connectivity index (χ0n) is 33.3. The maximum atomic E-state index is 13.9. The van der Waals surface area contributed by atoms with Crippen LogP contribution in [0.3, 0.4) is 0 Å². The molecule has 66 heavy (non-hydrogen) atoms. The molecule has 0 spiro atoms. The molecule has 1 aliphatic heterocycles. The highest BCUT2D eigenvalue weighted by molar-refractivity contribution is 6.22. The van der Waals surface area contributed by atoms with Gasteiger partial charge in [-0.3, -0.25) is 0 Å². The molecule has 1 saturated heterocycles. The fraction of sp³-hybridized carbons (Fsp3) is 0.167. The summed E-state index contributed by atoms with van der Waals surface area (Å²) in [5, 5.41) is 100. The molecule has 1 fully saturated rings. The summed E-state index contributed by atoms with van der Waals surface area (Å²) in [6.45, 7) is -0.873. The predicted molar refractivity (Wildman–Crippen MR) is 214 cm³/mol. The van der Waals surface area contributed by atoms with Gasteiger partial charge >= 0.3 is 29.2 Å². The van der Waals surface area contributed by atoms with Crippen LogP contribution in [0.2, 0.25) is 0 Å². The molecule has 0 amide bonds. The van der Waals surface area contributed by atoms with Gasteiger partial charge in [-0.1, -0.05) is 0 Å². The molecule has 24 nitrogen and oxygen atoms in total. The molecule has 2 aromatic heterocycles. The van der Waals surface area contributed by atoms with Crippen molar-refractivity contribution in [2.45, 2.75) is 24.6 Å². The predicted octanol–water partition coefficient (Wildman–Crippen LogP) is 2.98. The topological polar surface area (TPSA) is 379 Å². The van der Waals surface area contributed by atoms with Gasteiger partial charge in [0, 0.05) is 10.8 Å². The Morgan fingerprint density at radius 2 is 0.909 bits per heavy atom. The van der Waals surface area contributed by atoms with Gasteiger partial charge in [-0.05, 0) is 48.5 Å². The van der Waals surface area contributed by atoms with Crippen molar-refractivity contribution in [3.8, 4) is 74.7 Å². The summed E-state index contributed by atoms with van der Waals surface area (Å²) < 4.78 is 50.8. The summed E-state index contributed by atoms with van der Waals surface area (Å²) in [6, 6.07) is 6.03. The van der Waals surface area contributed by atoms with Crippen LogP contribution in [-0.4, -0.2) is 114 Å². The Morgan fingerprint density at radius 1 is 0.515 bits per heavy atom. The minimum atomic E-state index is -2.22. The summed E-state index contributed by atoms with van der Waals surface area (Å²) >= 11 is 0. The monoisotopic (exact) mass is 918 g/mol. The van der Waals surface area contributed by atoms with Gasteiger partial charge in [-0.25, -0.2) is 24.0 Å². The lowest BCUT2D eigenvalue weighted by Gasteiger charge is -2.40. The molecule has 24 heteroatoms. The second kappa shape index (κ2) is 16.2. The number of esters is 3. The molecular formula is C42H30O24. The Bertz CT molecular complexity index is 3210. The molecule has 5 aromatic carbocycles. The first-order valence-corrected chi connectivity index (χ1v) is 18.6. The van der Waals surface area contributed by atoms with E-state index in [1.165, 1.54) is 7.11 Å². The average molecular weight is 919 g/mol. The van der Waals surface area contributed by atoms with Gasteiger partial charge in [-0.2, -0.15) is 0 Å². The van der Waals surface area contributed by atoms with Crippen LogP contribution in [0.25, 0.3) is 32.7 Å². The highest BCUT2D eigenvalue weighted by Crippen LogP contribution is 2.47. The van der Waals surface area contributed by atoms with E-state index in [-0.39, 0.29) is 32.9 Å². The second-order valence-electron chi connectivity index (χ2n) is 14.2. The molecule has 342 valence electrons. The number of benzene rings is 5. The maximum absolute atomic E-state index is 13.9. The van der Waals surface area contributed by atoms with Crippen LogP contribution in [0.4, 0.5) is 0 Å². The number of phenolic OH excluding ortho intramolecular Hbond substituents is 10. The quantitative estimate of drug-likeness (QED) is 0.0310. The summed E-state index contributed by atoms with van der Waals surface area (Å²) in [5.41, 5.74) is -4.89. The van der Waals surface area contributed by atoms with Gasteiger partial charge in [0.2, 0.25) is 23.9 Å². The Balaban J connectivity index is 1.28. The molecule has 8 rings (SSSR count). The Hall–Kier alpha value is -9.19. The van der Waals surface area contributed by atoms with Crippen LogP contribution in [0.5, 0.6) is 74.7 Å². The Kier molecular flexibility index (Phi) is 10.7. The van der Waals surface area contributed by atoms with E-state index in [0.717, 1.165) is 19.2 Å². The van der Waals surface area contributed by atoms with Gasteiger partial charge in [-0.15, -0.1) is 0 Å². The molecule has 0 saturated carbocycles. The van der Waals surface area contributed by atoms with Crippen molar-refractivity contribution in [3.63, 3.8) is 0 Å². The van der Waals surface area contributed by atoms with Crippen molar-refractivity contribution in [1.82, 2.24) is 0 Å². The number of hydrogen-bond acceptors (Lipinski definition) is 24. The molecule has 0 radical (unpaired) electrons. The normalized spacial score (nSPS) is 17.1. The van der Waals surface area contributed by atoms with Crippen molar-refractivity contribution in [1.29, 1.82) is 0 Å². The number of ether oxygens (including phenoxy) is 7. The number of phenols is 10. The Labute approximate surface area is 363 Å². The summed E-state index contributed by atoms with van der Waals surface area (Å²) in [6.07, 6.45) is -8.39. The standard InChI is InChI=1S/C42H30O24/c1-58-31-23(49)9-15-26-27-16(41(57)64-34(26)31)10-24(32(59-2)35(27)65-40(15)56)62-42-36(66-39(55)14-7-21(47)30(52)22(48)8-14)33(63-38(54)13-5-19(45)29(51)20(46)6-13)25(11-60-42)61-37(53)12-3-17(43)28(50)18(44)4-12/h3-10,25,33,36,42-52H,11H2,1-2H3. The largest absolute Gasteiger partial charge is 0.504 e.